The number of esters is 1. The molecule has 0 aromatic rings. The van der Waals surface area contributed by atoms with Gasteiger partial charge in [-0.15, -0.1) is 0 Å². The summed E-state index contributed by atoms with van der Waals surface area (Å²) in [5.41, 5.74) is 0. The Morgan fingerprint density at radius 3 is 1.27 bits per heavy atom. The zero-order valence-electron chi connectivity index (χ0n) is 47.7. The number of carbonyl (C=O) groups is 2. The van der Waals surface area contributed by atoms with Crippen molar-refractivity contribution in [2.24, 2.45) is 0 Å². The summed E-state index contributed by atoms with van der Waals surface area (Å²) in [7, 11) is 1.50. The lowest BCUT2D eigenvalue weighted by molar-refractivity contribution is -0.870. The summed E-state index contributed by atoms with van der Waals surface area (Å²) in [5, 5.41) is 3.05. The Morgan fingerprint density at radius 2 is 0.845 bits per heavy atom. The highest BCUT2D eigenvalue weighted by atomic mass is 31.2. The quantitative estimate of drug-likeness (QED) is 0.0156. The second-order valence-corrected chi connectivity index (χ2v) is 23.4. The Labute approximate surface area is 440 Å². The van der Waals surface area contributed by atoms with Crippen molar-refractivity contribution in [3.8, 4) is 0 Å². The van der Waals surface area contributed by atoms with Crippen LogP contribution in [0, 0.1) is 0 Å². The van der Waals surface area contributed by atoms with Gasteiger partial charge in [-0.1, -0.05) is 257 Å². The number of hydrogen-bond donors (Lipinski definition) is 2. The van der Waals surface area contributed by atoms with Crippen molar-refractivity contribution >= 4 is 19.7 Å². The van der Waals surface area contributed by atoms with Crippen molar-refractivity contribution in [1.82, 2.24) is 5.32 Å². The monoisotopic (exact) mass is 1020 g/mol. The Kier molecular flexibility index (Phi) is 50.4. The van der Waals surface area contributed by atoms with E-state index >= 15 is 0 Å². The number of ether oxygens (including phenoxy) is 1. The van der Waals surface area contributed by atoms with Crippen molar-refractivity contribution in [3.05, 3.63) is 36.5 Å². The van der Waals surface area contributed by atoms with Crippen LogP contribution >= 0.6 is 7.82 Å². The van der Waals surface area contributed by atoms with Gasteiger partial charge in [0.05, 0.1) is 33.8 Å². The van der Waals surface area contributed by atoms with E-state index in [1.165, 1.54) is 180 Å². The van der Waals surface area contributed by atoms with Gasteiger partial charge >= 0.3 is 13.8 Å². The molecule has 0 aliphatic heterocycles. The van der Waals surface area contributed by atoms with E-state index in [9.17, 15) is 19.0 Å². The molecule has 0 spiro atoms. The summed E-state index contributed by atoms with van der Waals surface area (Å²) < 4.78 is 30.6. The zero-order valence-corrected chi connectivity index (χ0v) is 48.6. The van der Waals surface area contributed by atoms with Gasteiger partial charge in [-0.05, 0) is 57.4 Å². The molecule has 418 valence electrons. The number of hydrogen-bond acceptors (Lipinski definition) is 6. The number of carbonyl (C=O) groups excluding carboxylic acids is 2. The van der Waals surface area contributed by atoms with E-state index in [2.05, 4.69) is 50.4 Å². The fourth-order valence-electron chi connectivity index (χ4n) is 8.87. The number of rotatable bonds is 55. The zero-order chi connectivity index (χ0) is 52.2. The van der Waals surface area contributed by atoms with Crippen LogP contribution in [-0.2, 0) is 27.9 Å². The topological polar surface area (TPSA) is 111 Å². The Bertz CT molecular complexity index is 1310. The van der Waals surface area contributed by atoms with Gasteiger partial charge in [-0.3, -0.25) is 18.6 Å². The molecular weight excluding hydrogens is 904 g/mol. The van der Waals surface area contributed by atoms with Crippen LogP contribution in [0.2, 0.25) is 0 Å². The number of amides is 1. The SMILES string of the molecule is CCCCC/C=C/C=C/CCCCCCCCC(=O)NC(COP(=O)(O)OCC[N+](C)(C)C)C(/C=C/CCCCCCCCCCC)OC(=O)CCCCCCCCCCCCCCCCCCCCC. The summed E-state index contributed by atoms with van der Waals surface area (Å²) in [6, 6.07) is -0.849. The molecule has 0 heterocycles. The van der Waals surface area contributed by atoms with Crippen molar-refractivity contribution in [2.45, 2.75) is 303 Å². The van der Waals surface area contributed by atoms with Gasteiger partial charge in [-0.25, -0.2) is 4.57 Å². The Morgan fingerprint density at radius 1 is 0.493 bits per heavy atom. The molecule has 1 amide bonds. The van der Waals surface area contributed by atoms with E-state index < -0.39 is 20.0 Å². The van der Waals surface area contributed by atoms with Crippen LogP contribution in [0.5, 0.6) is 0 Å². The molecule has 0 aliphatic carbocycles. The minimum Gasteiger partial charge on any atom is -0.456 e. The van der Waals surface area contributed by atoms with Crippen LogP contribution in [0.25, 0.3) is 0 Å². The molecule has 0 fully saturated rings. The lowest BCUT2D eigenvalue weighted by Gasteiger charge is -2.27. The van der Waals surface area contributed by atoms with Crippen LogP contribution in [0.3, 0.4) is 0 Å². The van der Waals surface area contributed by atoms with E-state index in [1.54, 1.807) is 0 Å². The molecule has 3 atom stereocenters. The molecule has 0 bridgehead atoms. The van der Waals surface area contributed by atoms with Crippen molar-refractivity contribution in [2.75, 3.05) is 40.9 Å². The molecule has 0 aromatic carbocycles. The fraction of sp³-hybridized carbons (Fsp3) is 0.869. The van der Waals surface area contributed by atoms with Crippen LogP contribution < -0.4 is 5.32 Å². The first kappa shape index (κ1) is 69.2. The molecule has 10 heteroatoms. The minimum absolute atomic E-state index is 0.0397. The molecule has 0 rings (SSSR count). The van der Waals surface area contributed by atoms with E-state index in [4.69, 9.17) is 13.8 Å². The first-order chi connectivity index (χ1) is 34.4. The fourth-order valence-corrected chi connectivity index (χ4v) is 9.61. The number of likely N-dealkylation sites (N-methyl/N-ethyl adjacent to an activating group) is 1. The third-order valence-corrected chi connectivity index (χ3v) is 14.6. The van der Waals surface area contributed by atoms with Crippen LogP contribution in [0.15, 0.2) is 36.5 Å². The number of unbranched alkanes of at least 4 members (excludes halogenated alkanes) is 36. The smallest absolute Gasteiger partial charge is 0.456 e. The van der Waals surface area contributed by atoms with Gasteiger partial charge < -0.3 is 19.4 Å². The van der Waals surface area contributed by atoms with Crippen LogP contribution in [0.4, 0.5) is 0 Å². The molecular formula is C61H118N2O7P+. The summed E-state index contributed by atoms with van der Waals surface area (Å²) in [6.07, 6.45) is 61.4. The molecule has 2 N–H and O–H groups in total. The number of allylic oxidation sites excluding steroid dienone is 5. The van der Waals surface area contributed by atoms with Gasteiger partial charge in [0.1, 0.15) is 19.3 Å². The van der Waals surface area contributed by atoms with E-state index in [1.807, 2.05) is 33.3 Å². The highest BCUT2D eigenvalue weighted by Crippen LogP contribution is 2.43. The van der Waals surface area contributed by atoms with Crippen molar-refractivity contribution in [3.63, 3.8) is 0 Å². The number of nitrogens with zero attached hydrogens (tertiary/aromatic N) is 1. The summed E-state index contributed by atoms with van der Waals surface area (Å²) >= 11 is 0. The molecule has 0 saturated heterocycles. The molecule has 0 aliphatic rings. The minimum atomic E-state index is -4.44. The Balaban J connectivity index is 5.22. The van der Waals surface area contributed by atoms with E-state index in [0.29, 0.717) is 23.9 Å². The predicted octanol–water partition coefficient (Wildman–Crippen LogP) is 18.3. The second kappa shape index (κ2) is 51.7. The highest BCUT2D eigenvalue weighted by Gasteiger charge is 2.30. The standard InChI is InChI=1S/C61H117N2O7P/c1-7-10-13-16-19-22-25-27-29-30-31-32-34-36-39-42-45-48-51-54-61(65)70-59(52-49-46-43-40-37-24-21-18-15-12-9-3)58(57-69-71(66,67)68-56-55-63(4,5)6)62-60(64)53-50-47-44-41-38-35-33-28-26-23-20-17-14-11-8-2/h20,23,26,28,49,52,58-59H,7-19,21-22,24-25,27,29-48,50-51,53-57H2,1-6H3,(H-,62,64,66,67)/p+1/b23-20+,28-26+,52-49+. The molecule has 3 unspecified atom stereocenters. The molecule has 0 radical (unpaired) electrons. The van der Waals surface area contributed by atoms with Crippen molar-refractivity contribution < 1.29 is 37.3 Å². The first-order valence-electron chi connectivity index (χ1n) is 30.3. The van der Waals surface area contributed by atoms with E-state index in [-0.39, 0.29) is 25.1 Å². The van der Waals surface area contributed by atoms with Gasteiger partial charge in [-0.2, -0.15) is 0 Å². The molecule has 9 nitrogen and oxygen atoms in total. The number of nitrogens with one attached hydrogen (secondary N) is 1. The van der Waals surface area contributed by atoms with Crippen LogP contribution in [-0.4, -0.2) is 74.3 Å². The number of phosphoric ester groups is 1. The molecule has 0 aromatic heterocycles. The predicted molar refractivity (Wildman–Crippen MR) is 305 cm³/mol. The maximum Gasteiger partial charge on any atom is 0.472 e. The Hall–Kier alpha value is -1.77. The first-order valence-corrected chi connectivity index (χ1v) is 31.8. The average Bonchev–Trinajstić information content (AvgIpc) is 3.33. The van der Waals surface area contributed by atoms with Gasteiger partial charge in [0.2, 0.25) is 5.91 Å². The summed E-state index contributed by atoms with van der Waals surface area (Å²) in [6.45, 7) is 7.00. The summed E-state index contributed by atoms with van der Waals surface area (Å²) in [5.74, 6) is -0.507. The van der Waals surface area contributed by atoms with Gasteiger partial charge in [0.15, 0.2) is 0 Å². The van der Waals surface area contributed by atoms with Gasteiger partial charge in [0.25, 0.3) is 0 Å². The van der Waals surface area contributed by atoms with Crippen LogP contribution in [0.1, 0.15) is 290 Å². The van der Waals surface area contributed by atoms with Crippen molar-refractivity contribution in [1.29, 1.82) is 0 Å². The number of quaternary nitrogens is 1. The third-order valence-electron chi connectivity index (χ3n) is 13.6. The van der Waals surface area contributed by atoms with Gasteiger partial charge in [0, 0.05) is 12.8 Å². The average molecular weight is 1020 g/mol. The van der Waals surface area contributed by atoms with E-state index in [0.717, 1.165) is 77.0 Å². The third kappa shape index (κ3) is 52.9. The maximum absolute atomic E-state index is 13.5. The molecule has 0 saturated carbocycles. The maximum atomic E-state index is 13.5. The lowest BCUT2D eigenvalue weighted by Crippen LogP contribution is -2.47. The number of phosphoric acid groups is 1. The molecule has 71 heavy (non-hydrogen) atoms. The highest BCUT2D eigenvalue weighted by molar-refractivity contribution is 7.47. The second-order valence-electron chi connectivity index (χ2n) is 21.9. The largest absolute Gasteiger partial charge is 0.472 e. The summed E-state index contributed by atoms with van der Waals surface area (Å²) in [4.78, 5) is 37.6. The normalized spacial score (nSPS) is 14.0. The lowest BCUT2D eigenvalue weighted by atomic mass is 10.0.